The maximum absolute atomic E-state index is 5.68. The van der Waals surface area contributed by atoms with Crippen molar-refractivity contribution in [2.75, 3.05) is 37.9 Å². The Morgan fingerprint density at radius 2 is 0.909 bits per heavy atom. The summed E-state index contributed by atoms with van der Waals surface area (Å²) < 4.78 is 22.7. The van der Waals surface area contributed by atoms with E-state index >= 15 is 0 Å². The molecule has 134 valence electrons. The predicted molar refractivity (Wildman–Crippen MR) is 105 cm³/mol. The van der Waals surface area contributed by atoms with Crippen LogP contribution in [-0.4, -0.2) is 56.5 Å². The molecule has 0 unspecified atom stereocenters. The predicted octanol–water partition coefficient (Wildman–Crippen LogP) is 3.74. The third kappa shape index (κ3) is 14.6. The summed E-state index contributed by atoms with van der Waals surface area (Å²) in [5.41, 5.74) is 0. The van der Waals surface area contributed by atoms with E-state index in [1.807, 2.05) is 49.3 Å². The van der Waals surface area contributed by atoms with Gasteiger partial charge >= 0.3 is 18.6 Å². The van der Waals surface area contributed by atoms with Crippen LogP contribution in [0.1, 0.15) is 40.5 Å². The highest BCUT2D eigenvalue weighted by molar-refractivity contribution is 8.76. The third-order valence-electron chi connectivity index (χ3n) is 2.83. The number of hydrogen-bond donors (Lipinski definition) is 0. The first-order chi connectivity index (χ1) is 10.8. The molecule has 4 nitrogen and oxygen atoms in total. The summed E-state index contributed by atoms with van der Waals surface area (Å²) in [5, 5.41) is 0. The fourth-order valence-corrected chi connectivity index (χ4v) is 8.14. The molecule has 0 aliphatic carbocycles. The van der Waals surface area contributed by atoms with Crippen LogP contribution in [0.4, 0.5) is 0 Å². The van der Waals surface area contributed by atoms with Crippen molar-refractivity contribution in [2.45, 2.75) is 52.6 Å². The molecule has 0 aromatic rings. The van der Waals surface area contributed by atoms with E-state index in [0.29, 0.717) is 0 Å². The second kappa shape index (κ2) is 18.3. The molecule has 0 aliphatic rings. The molecular formula is C14H34O4S2Si2. The summed E-state index contributed by atoms with van der Waals surface area (Å²) in [4.78, 5) is 0. The van der Waals surface area contributed by atoms with Crippen molar-refractivity contribution in [3.05, 3.63) is 0 Å². The minimum atomic E-state index is -1.38. The van der Waals surface area contributed by atoms with Crippen LogP contribution in [-0.2, 0) is 17.7 Å². The Morgan fingerprint density at radius 1 is 0.591 bits per heavy atom. The average molecular weight is 387 g/mol. The van der Waals surface area contributed by atoms with Crippen LogP contribution < -0.4 is 0 Å². The minimum absolute atomic E-state index is 0.781. The number of hydrogen-bond acceptors (Lipinski definition) is 6. The van der Waals surface area contributed by atoms with Gasteiger partial charge in [-0.15, -0.1) is 0 Å². The zero-order chi connectivity index (χ0) is 16.5. The first-order valence-electron chi connectivity index (χ1n) is 8.49. The van der Waals surface area contributed by atoms with Crippen molar-refractivity contribution < 1.29 is 17.7 Å². The summed E-state index contributed by atoms with van der Waals surface area (Å²) in [6.45, 7) is 11.3. The highest BCUT2D eigenvalue weighted by atomic mass is 33.1. The molecule has 8 heteroatoms. The maximum atomic E-state index is 5.68. The molecule has 0 rings (SSSR count). The van der Waals surface area contributed by atoms with E-state index in [-0.39, 0.29) is 0 Å². The molecule has 0 aromatic heterocycles. The molecule has 0 saturated heterocycles. The molecule has 0 bridgehead atoms. The standard InChI is InChI=1S/C14H34O4S2Si2/c1-5-15-21(16-6-2)13-9-11-19-20-12-10-14-22(17-7-3)18-8-4/h21-22H,5-14H2,1-4H3. The largest absolute Gasteiger partial charge is 0.397 e. The van der Waals surface area contributed by atoms with Gasteiger partial charge in [-0.05, 0) is 52.6 Å². The smallest absolute Gasteiger partial charge is 0.321 e. The van der Waals surface area contributed by atoms with Crippen LogP contribution in [0, 0.1) is 0 Å². The summed E-state index contributed by atoms with van der Waals surface area (Å²) in [6, 6.07) is 2.25. The highest BCUT2D eigenvalue weighted by Crippen LogP contribution is 2.24. The van der Waals surface area contributed by atoms with Gasteiger partial charge in [-0.3, -0.25) is 0 Å². The van der Waals surface area contributed by atoms with Crippen molar-refractivity contribution in [3.63, 3.8) is 0 Å². The zero-order valence-electron chi connectivity index (χ0n) is 14.7. The fourth-order valence-electron chi connectivity index (χ4n) is 1.91. The van der Waals surface area contributed by atoms with Gasteiger partial charge in [0, 0.05) is 37.9 Å². The number of rotatable bonds is 17. The average Bonchev–Trinajstić information content (AvgIpc) is 2.50. The van der Waals surface area contributed by atoms with E-state index in [2.05, 4.69) is 0 Å². The monoisotopic (exact) mass is 386 g/mol. The van der Waals surface area contributed by atoms with E-state index in [4.69, 9.17) is 17.7 Å². The van der Waals surface area contributed by atoms with Gasteiger partial charge in [-0.1, -0.05) is 21.6 Å². The molecule has 0 spiro atoms. The lowest BCUT2D eigenvalue weighted by Gasteiger charge is -2.14. The highest BCUT2D eigenvalue weighted by Gasteiger charge is 2.12. The van der Waals surface area contributed by atoms with E-state index < -0.39 is 18.6 Å². The van der Waals surface area contributed by atoms with E-state index in [0.717, 1.165) is 38.5 Å². The van der Waals surface area contributed by atoms with E-state index in [1.165, 1.54) is 24.3 Å². The molecule has 22 heavy (non-hydrogen) atoms. The fraction of sp³-hybridized carbons (Fsp3) is 1.00. The van der Waals surface area contributed by atoms with Crippen LogP contribution >= 0.6 is 21.6 Å². The molecule has 0 saturated carbocycles. The van der Waals surface area contributed by atoms with Gasteiger partial charge in [-0.25, -0.2) is 0 Å². The van der Waals surface area contributed by atoms with Crippen LogP contribution in [0.25, 0.3) is 0 Å². The van der Waals surface area contributed by atoms with Gasteiger partial charge in [0.25, 0.3) is 0 Å². The Kier molecular flexibility index (Phi) is 19.1. The normalized spacial score (nSPS) is 11.7. The summed E-state index contributed by atoms with van der Waals surface area (Å²) in [6.07, 6.45) is 2.40. The van der Waals surface area contributed by atoms with Gasteiger partial charge < -0.3 is 17.7 Å². The Balaban J connectivity index is 3.44. The SMILES string of the molecule is CCO[SiH](CCCSSCCC[SiH](OCC)OCC)OCC. The Bertz CT molecular complexity index is 195. The second-order valence-electron chi connectivity index (χ2n) is 4.61. The Morgan fingerprint density at radius 3 is 1.18 bits per heavy atom. The van der Waals surface area contributed by atoms with Crippen molar-refractivity contribution in [2.24, 2.45) is 0 Å². The quantitative estimate of drug-likeness (QED) is 0.215. The molecule has 0 radical (unpaired) electrons. The van der Waals surface area contributed by atoms with Crippen molar-refractivity contribution in [1.29, 1.82) is 0 Å². The van der Waals surface area contributed by atoms with Crippen molar-refractivity contribution >= 4 is 40.2 Å². The van der Waals surface area contributed by atoms with Gasteiger partial charge in [0.1, 0.15) is 0 Å². The second-order valence-corrected chi connectivity index (χ2v) is 11.5. The Labute approximate surface area is 148 Å². The van der Waals surface area contributed by atoms with Gasteiger partial charge in [-0.2, -0.15) is 0 Å². The first kappa shape index (κ1) is 23.0. The van der Waals surface area contributed by atoms with Gasteiger partial charge in [0.2, 0.25) is 0 Å². The van der Waals surface area contributed by atoms with E-state index in [9.17, 15) is 0 Å². The van der Waals surface area contributed by atoms with Crippen LogP contribution in [0.2, 0.25) is 12.1 Å². The molecule has 0 N–H and O–H groups in total. The van der Waals surface area contributed by atoms with Gasteiger partial charge in [0.05, 0.1) is 0 Å². The third-order valence-corrected chi connectivity index (χ3v) is 9.99. The lowest BCUT2D eigenvalue weighted by molar-refractivity contribution is 0.213. The van der Waals surface area contributed by atoms with E-state index in [1.54, 1.807) is 0 Å². The molecule has 0 amide bonds. The van der Waals surface area contributed by atoms with Crippen molar-refractivity contribution in [3.8, 4) is 0 Å². The Hall–Kier alpha value is 0.974. The van der Waals surface area contributed by atoms with Crippen LogP contribution in [0.15, 0.2) is 0 Å². The molecule has 0 atom stereocenters. The molecule has 0 aromatic carbocycles. The minimum Gasteiger partial charge on any atom is -0.397 e. The summed E-state index contributed by atoms with van der Waals surface area (Å²) >= 11 is 0. The lowest BCUT2D eigenvalue weighted by atomic mass is 10.6. The van der Waals surface area contributed by atoms with Gasteiger partial charge in [0.15, 0.2) is 0 Å². The molecule has 0 fully saturated rings. The van der Waals surface area contributed by atoms with Crippen LogP contribution in [0.5, 0.6) is 0 Å². The maximum Gasteiger partial charge on any atom is 0.321 e. The summed E-state index contributed by atoms with van der Waals surface area (Å²) in [7, 11) is 1.19. The molecule has 0 aliphatic heterocycles. The molecule has 0 heterocycles. The van der Waals surface area contributed by atoms with Crippen LogP contribution in [0.3, 0.4) is 0 Å². The first-order valence-corrected chi connectivity index (χ1v) is 14.5. The van der Waals surface area contributed by atoms with Crippen molar-refractivity contribution in [1.82, 2.24) is 0 Å². The zero-order valence-corrected chi connectivity index (χ0v) is 18.6. The molecular weight excluding hydrogens is 352 g/mol. The topological polar surface area (TPSA) is 36.9 Å². The summed E-state index contributed by atoms with van der Waals surface area (Å²) in [5.74, 6) is 2.37. The lowest BCUT2D eigenvalue weighted by Crippen LogP contribution is -2.22.